The van der Waals surface area contributed by atoms with Crippen LogP contribution in [0.25, 0.3) is 22.5 Å². The van der Waals surface area contributed by atoms with Gasteiger partial charge in [-0.1, -0.05) is 12.1 Å². The fraction of sp³-hybridized carbons (Fsp3) is 0.314. The Kier molecular flexibility index (Phi) is 10.8. The van der Waals surface area contributed by atoms with Gasteiger partial charge in [-0.2, -0.15) is 13.7 Å². The Bertz CT molecular complexity index is 2100. The van der Waals surface area contributed by atoms with Crippen LogP contribution in [0.1, 0.15) is 36.8 Å². The molecule has 5 rings (SSSR count). The van der Waals surface area contributed by atoms with Crippen molar-refractivity contribution in [1.29, 1.82) is 5.26 Å². The molecule has 1 unspecified atom stereocenters. The zero-order valence-corrected chi connectivity index (χ0v) is 29.4. The van der Waals surface area contributed by atoms with Crippen LogP contribution in [0.15, 0.2) is 67.1 Å². The molecule has 2 aromatic carbocycles. The molecule has 2 amide bonds. The van der Waals surface area contributed by atoms with Gasteiger partial charge in [-0.15, -0.1) is 0 Å². The van der Waals surface area contributed by atoms with E-state index in [0.717, 1.165) is 6.26 Å². The van der Waals surface area contributed by atoms with Gasteiger partial charge in [-0.05, 0) is 62.7 Å². The number of aromatic nitrogens is 3. The lowest BCUT2D eigenvalue weighted by Gasteiger charge is -2.42. The number of rotatable bonds is 9. The minimum absolute atomic E-state index is 0.00493. The second kappa shape index (κ2) is 15.1. The number of amides is 2. The topological polar surface area (TPSA) is 177 Å². The van der Waals surface area contributed by atoms with Crippen LogP contribution in [-0.4, -0.2) is 91.5 Å². The molecular weight excluding hydrogens is 681 g/mol. The molecule has 266 valence electrons. The van der Waals surface area contributed by atoms with Gasteiger partial charge in [0.05, 0.1) is 54.6 Å². The summed E-state index contributed by atoms with van der Waals surface area (Å²) in [4.78, 5) is 42.9. The first-order chi connectivity index (χ1) is 24.2. The molecule has 1 atom stereocenters. The maximum Gasteiger partial charge on any atom is 0.410 e. The third kappa shape index (κ3) is 8.93. The molecule has 3 heterocycles. The highest BCUT2D eigenvalue weighted by atomic mass is 32.2. The average molecular weight is 718 g/mol. The van der Waals surface area contributed by atoms with Crippen molar-refractivity contribution >= 4 is 33.5 Å². The molecule has 1 aliphatic rings. The summed E-state index contributed by atoms with van der Waals surface area (Å²) in [5.74, 6) is -1.12. The van der Waals surface area contributed by atoms with Gasteiger partial charge in [0, 0.05) is 43.8 Å². The Balaban J connectivity index is 1.53. The van der Waals surface area contributed by atoms with Gasteiger partial charge in [0.15, 0.2) is 5.82 Å². The second-order valence-corrected chi connectivity index (χ2v) is 14.2. The Hall–Kier alpha value is -5.66. The third-order valence-electron chi connectivity index (χ3n) is 7.73. The number of hydrogen-bond donors (Lipinski definition) is 1. The first kappa shape index (κ1) is 36.6. The lowest BCUT2D eigenvalue weighted by Crippen LogP contribution is -2.58. The largest absolute Gasteiger partial charge is 0.496 e. The fourth-order valence-electron chi connectivity index (χ4n) is 5.45. The standard InChI is InChI=1S/C35H36FN7O7S/c1-35(2,3)50-34(45)43-16-15-42(20-24(43)21-49-51(5,46)47)29-17-22(25-19-38-13-11-23(25)18-37)9-10-27(29)41-33(44)28-12-14-39-32(40-28)31-26(36)7-6-8-30(31)48-4/h6-14,17,19,24H,15-16,20-21H2,1-5H3,(H,41,44). The molecule has 2 aromatic heterocycles. The van der Waals surface area contributed by atoms with E-state index in [-0.39, 0.29) is 49.1 Å². The highest BCUT2D eigenvalue weighted by Gasteiger charge is 2.35. The van der Waals surface area contributed by atoms with Gasteiger partial charge >= 0.3 is 6.09 Å². The summed E-state index contributed by atoms with van der Waals surface area (Å²) < 4.78 is 54.8. The molecule has 1 aliphatic heterocycles. The number of halogens is 1. The maximum atomic E-state index is 14.8. The zero-order chi connectivity index (χ0) is 36.9. The number of anilines is 2. The SMILES string of the molecule is COc1cccc(F)c1-c1nccc(C(=O)Nc2ccc(-c3cnccc3C#N)cc2N2CCN(C(=O)OC(C)(C)C)C(COS(C)(=O)=O)C2)n1. The molecule has 51 heavy (non-hydrogen) atoms. The van der Waals surface area contributed by atoms with Crippen molar-refractivity contribution in [2.75, 3.05) is 49.8 Å². The highest BCUT2D eigenvalue weighted by molar-refractivity contribution is 7.85. The summed E-state index contributed by atoms with van der Waals surface area (Å²) in [6.45, 7) is 5.30. The van der Waals surface area contributed by atoms with E-state index >= 15 is 0 Å². The molecule has 0 bridgehead atoms. The Labute approximate surface area is 294 Å². The highest BCUT2D eigenvalue weighted by Crippen LogP contribution is 2.35. The van der Waals surface area contributed by atoms with Gasteiger partial charge in [0.2, 0.25) is 0 Å². The molecule has 14 nitrogen and oxygen atoms in total. The van der Waals surface area contributed by atoms with E-state index in [9.17, 15) is 27.7 Å². The number of benzene rings is 2. The minimum Gasteiger partial charge on any atom is -0.496 e. The Morgan fingerprint density at radius 2 is 1.90 bits per heavy atom. The smallest absolute Gasteiger partial charge is 0.410 e. The van der Waals surface area contributed by atoms with Crippen LogP contribution < -0.4 is 15.0 Å². The normalized spacial score (nSPS) is 14.8. The Morgan fingerprint density at radius 1 is 1.12 bits per heavy atom. The first-order valence-electron chi connectivity index (χ1n) is 15.7. The molecule has 0 spiro atoms. The van der Waals surface area contributed by atoms with E-state index in [1.165, 1.54) is 42.6 Å². The molecule has 0 aliphatic carbocycles. The van der Waals surface area contributed by atoms with Gasteiger partial charge in [0.1, 0.15) is 22.9 Å². The van der Waals surface area contributed by atoms with Crippen LogP contribution in [0.2, 0.25) is 0 Å². The van der Waals surface area contributed by atoms with Gasteiger partial charge < -0.3 is 19.7 Å². The van der Waals surface area contributed by atoms with Crippen molar-refractivity contribution in [2.45, 2.75) is 32.4 Å². The molecule has 4 aromatic rings. The number of piperazine rings is 1. The summed E-state index contributed by atoms with van der Waals surface area (Å²) in [6.07, 6.45) is 4.68. The maximum absolute atomic E-state index is 14.8. The number of carbonyl (C=O) groups is 2. The quantitative estimate of drug-likeness (QED) is 0.233. The van der Waals surface area contributed by atoms with Crippen molar-refractivity contribution in [1.82, 2.24) is 19.9 Å². The minimum atomic E-state index is -3.86. The van der Waals surface area contributed by atoms with Crippen molar-refractivity contribution in [3.63, 3.8) is 0 Å². The third-order valence-corrected chi connectivity index (χ3v) is 8.30. The number of methoxy groups -OCH3 is 1. The number of nitrogens with one attached hydrogen (secondary N) is 1. The van der Waals surface area contributed by atoms with Crippen LogP contribution in [0.5, 0.6) is 5.75 Å². The summed E-state index contributed by atoms with van der Waals surface area (Å²) >= 11 is 0. The predicted octanol–water partition coefficient (Wildman–Crippen LogP) is 4.88. The first-order valence-corrected chi connectivity index (χ1v) is 17.5. The van der Waals surface area contributed by atoms with Crippen LogP contribution in [-0.2, 0) is 19.0 Å². The monoisotopic (exact) mass is 717 g/mol. The lowest BCUT2D eigenvalue weighted by atomic mass is 10.0. The summed E-state index contributed by atoms with van der Waals surface area (Å²) in [5, 5.41) is 12.7. The number of ether oxygens (including phenoxy) is 2. The molecule has 0 saturated carbocycles. The second-order valence-electron chi connectivity index (χ2n) is 12.6. The van der Waals surface area contributed by atoms with Gasteiger partial charge in [-0.3, -0.25) is 18.9 Å². The average Bonchev–Trinajstić information content (AvgIpc) is 3.09. The van der Waals surface area contributed by atoms with Crippen LogP contribution in [0.3, 0.4) is 0 Å². The molecule has 0 radical (unpaired) electrons. The van der Waals surface area contributed by atoms with Crippen molar-refractivity contribution in [3.05, 3.63) is 84.2 Å². The molecule has 1 fully saturated rings. The van der Waals surface area contributed by atoms with E-state index in [1.54, 1.807) is 57.3 Å². The number of carbonyl (C=O) groups excluding carboxylic acids is 2. The van der Waals surface area contributed by atoms with E-state index in [2.05, 4.69) is 26.3 Å². The van der Waals surface area contributed by atoms with Gasteiger partial charge in [0.25, 0.3) is 16.0 Å². The Morgan fingerprint density at radius 3 is 2.61 bits per heavy atom. The summed E-state index contributed by atoms with van der Waals surface area (Å²) in [6, 6.07) is 13.8. The molecule has 16 heteroatoms. The lowest BCUT2D eigenvalue weighted by molar-refractivity contribution is 0.00888. The van der Waals surface area contributed by atoms with E-state index in [1.807, 2.05) is 4.90 Å². The summed E-state index contributed by atoms with van der Waals surface area (Å²) in [7, 11) is -2.48. The van der Waals surface area contributed by atoms with Crippen molar-refractivity contribution in [2.24, 2.45) is 0 Å². The van der Waals surface area contributed by atoms with Crippen LogP contribution in [0.4, 0.5) is 20.6 Å². The number of pyridine rings is 1. The van der Waals surface area contributed by atoms with Crippen molar-refractivity contribution in [3.8, 4) is 34.3 Å². The number of nitriles is 1. The van der Waals surface area contributed by atoms with Crippen LogP contribution >= 0.6 is 0 Å². The fourth-order valence-corrected chi connectivity index (χ4v) is 5.86. The zero-order valence-electron chi connectivity index (χ0n) is 28.6. The molecular formula is C35H36FN7O7S. The van der Waals surface area contributed by atoms with E-state index in [0.29, 0.717) is 28.1 Å². The van der Waals surface area contributed by atoms with E-state index in [4.69, 9.17) is 13.7 Å². The van der Waals surface area contributed by atoms with Crippen molar-refractivity contribution < 1.29 is 36.1 Å². The van der Waals surface area contributed by atoms with E-state index < -0.39 is 39.6 Å². The molecule has 1 N–H and O–H groups in total. The number of hydrogen-bond acceptors (Lipinski definition) is 12. The van der Waals surface area contributed by atoms with Gasteiger partial charge in [-0.25, -0.2) is 19.2 Å². The predicted molar refractivity (Wildman–Crippen MR) is 186 cm³/mol. The number of nitrogens with zero attached hydrogens (tertiary/aromatic N) is 6. The summed E-state index contributed by atoms with van der Waals surface area (Å²) in [5.41, 5.74) is 1.49. The van der Waals surface area contributed by atoms with Crippen LogP contribution in [0, 0.1) is 17.1 Å². The molecule has 1 saturated heterocycles.